The predicted octanol–water partition coefficient (Wildman–Crippen LogP) is 1.35. The molecule has 0 saturated carbocycles. The molecule has 1 unspecified atom stereocenters. The first-order chi connectivity index (χ1) is 11.5. The molecule has 25 heavy (non-hydrogen) atoms. The number of methoxy groups -OCH3 is 1. The van der Waals surface area contributed by atoms with Crippen LogP contribution < -0.4 is 16.0 Å². The maximum atomic E-state index is 12.9. The van der Waals surface area contributed by atoms with E-state index in [1.165, 1.54) is 24.3 Å². The van der Waals surface area contributed by atoms with Crippen molar-refractivity contribution in [1.29, 1.82) is 0 Å². The lowest BCUT2D eigenvalue weighted by molar-refractivity contribution is -0.123. The minimum atomic E-state index is -0.651. The molecule has 1 aromatic carbocycles. The van der Waals surface area contributed by atoms with E-state index >= 15 is 0 Å². The standard InChI is InChI=1S/C17H26FN3O3.ClH/c1-12(2)15(17(23)20-9-8-19-10-11-24-3)21-16(22)13-4-6-14(18)7-5-13;/h4-7,12,15,19H,8-11H2,1-3H3,(H,20,23)(H,21,22);1H. The molecule has 6 nitrogen and oxygen atoms in total. The van der Waals surface area contributed by atoms with E-state index in [9.17, 15) is 14.0 Å². The van der Waals surface area contributed by atoms with E-state index in [0.717, 1.165) is 0 Å². The smallest absolute Gasteiger partial charge is 0.251 e. The van der Waals surface area contributed by atoms with Gasteiger partial charge in [-0.05, 0) is 30.2 Å². The molecular weight excluding hydrogens is 349 g/mol. The van der Waals surface area contributed by atoms with Gasteiger partial charge in [0.05, 0.1) is 6.61 Å². The fourth-order valence-electron chi connectivity index (χ4n) is 2.04. The Bertz CT molecular complexity index is 526. The second kappa shape index (κ2) is 12.6. The van der Waals surface area contributed by atoms with E-state index in [1.54, 1.807) is 7.11 Å². The maximum absolute atomic E-state index is 12.9. The molecule has 2 amide bonds. The molecule has 0 aliphatic heterocycles. The highest BCUT2D eigenvalue weighted by Crippen LogP contribution is 2.06. The SMILES string of the molecule is COCCNCCNC(=O)C(NC(=O)c1ccc(F)cc1)C(C)C.Cl. The summed E-state index contributed by atoms with van der Waals surface area (Å²) in [4.78, 5) is 24.4. The van der Waals surface area contributed by atoms with Crippen molar-refractivity contribution in [3.05, 3.63) is 35.6 Å². The third kappa shape index (κ3) is 8.81. The van der Waals surface area contributed by atoms with Crippen LogP contribution in [-0.2, 0) is 9.53 Å². The molecule has 0 spiro atoms. The number of nitrogens with one attached hydrogen (secondary N) is 3. The predicted molar refractivity (Wildman–Crippen MR) is 97.5 cm³/mol. The number of carbonyl (C=O) groups excluding carboxylic acids is 2. The van der Waals surface area contributed by atoms with E-state index in [2.05, 4.69) is 16.0 Å². The van der Waals surface area contributed by atoms with Crippen molar-refractivity contribution in [2.75, 3.05) is 33.4 Å². The molecule has 0 fully saturated rings. The van der Waals surface area contributed by atoms with Crippen molar-refractivity contribution in [2.45, 2.75) is 19.9 Å². The zero-order chi connectivity index (χ0) is 17.9. The summed E-state index contributed by atoms with van der Waals surface area (Å²) in [6, 6.07) is 4.55. The highest BCUT2D eigenvalue weighted by Gasteiger charge is 2.24. The van der Waals surface area contributed by atoms with Crippen LogP contribution in [0.2, 0.25) is 0 Å². The first-order valence-electron chi connectivity index (χ1n) is 7.99. The molecule has 0 aromatic heterocycles. The lowest BCUT2D eigenvalue weighted by atomic mass is 10.0. The molecule has 3 N–H and O–H groups in total. The van der Waals surface area contributed by atoms with E-state index in [1.807, 2.05) is 13.8 Å². The van der Waals surface area contributed by atoms with Gasteiger partial charge < -0.3 is 20.7 Å². The van der Waals surface area contributed by atoms with Gasteiger partial charge in [-0.2, -0.15) is 0 Å². The van der Waals surface area contributed by atoms with Crippen molar-refractivity contribution in [1.82, 2.24) is 16.0 Å². The minimum Gasteiger partial charge on any atom is -0.383 e. The highest BCUT2D eigenvalue weighted by atomic mass is 35.5. The number of benzene rings is 1. The van der Waals surface area contributed by atoms with E-state index in [-0.39, 0.29) is 24.2 Å². The minimum absolute atomic E-state index is 0. The van der Waals surface area contributed by atoms with E-state index < -0.39 is 17.8 Å². The van der Waals surface area contributed by atoms with Crippen molar-refractivity contribution < 1.29 is 18.7 Å². The van der Waals surface area contributed by atoms with Gasteiger partial charge >= 0.3 is 0 Å². The molecular formula is C17H27ClFN3O3. The lowest BCUT2D eigenvalue weighted by Crippen LogP contribution is -2.50. The quantitative estimate of drug-likeness (QED) is 0.539. The van der Waals surface area contributed by atoms with Crippen LogP contribution in [0.5, 0.6) is 0 Å². The third-order valence-electron chi connectivity index (χ3n) is 3.43. The molecule has 1 rings (SSSR count). The summed E-state index contributed by atoms with van der Waals surface area (Å²) in [7, 11) is 1.63. The Morgan fingerprint density at radius 1 is 1.12 bits per heavy atom. The van der Waals surface area contributed by atoms with Crippen LogP contribution in [0.15, 0.2) is 24.3 Å². The molecule has 0 heterocycles. The number of hydrogen-bond donors (Lipinski definition) is 3. The number of ether oxygens (including phenoxy) is 1. The van der Waals surface area contributed by atoms with Gasteiger partial charge in [0.15, 0.2) is 0 Å². The summed E-state index contributed by atoms with van der Waals surface area (Å²) in [5, 5.41) is 8.61. The summed E-state index contributed by atoms with van der Waals surface area (Å²) < 4.78 is 17.8. The van der Waals surface area contributed by atoms with Gasteiger partial charge in [0.2, 0.25) is 5.91 Å². The summed E-state index contributed by atoms with van der Waals surface area (Å²) >= 11 is 0. The fraction of sp³-hybridized carbons (Fsp3) is 0.529. The van der Waals surface area contributed by atoms with Gasteiger partial charge in [0.25, 0.3) is 5.91 Å². The number of amides is 2. The van der Waals surface area contributed by atoms with Crippen LogP contribution in [0.4, 0.5) is 4.39 Å². The van der Waals surface area contributed by atoms with Gasteiger partial charge in [0.1, 0.15) is 11.9 Å². The Labute approximate surface area is 154 Å². The fourth-order valence-corrected chi connectivity index (χ4v) is 2.04. The van der Waals surface area contributed by atoms with Crippen molar-refractivity contribution in [3.8, 4) is 0 Å². The number of hydrogen-bond acceptors (Lipinski definition) is 4. The second-order valence-electron chi connectivity index (χ2n) is 5.74. The molecule has 1 aromatic rings. The Morgan fingerprint density at radius 2 is 1.76 bits per heavy atom. The van der Waals surface area contributed by atoms with Crippen LogP contribution in [0, 0.1) is 11.7 Å². The number of carbonyl (C=O) groups is 2. The third-order valence-corrected chi connectivity index (χ3v) is 3.43. The average Bonchev–Trinajstić information content (AvgIpc) is 2.55. The monoisotopic (exact) mass is 375 g/mol. The maximum Gasteiger partial charge on any atom is 0.251 e. The number of halogens is 2. The van der Waals surface area contributed by atoms with Gasteiger partial charge in [-0.15, -0.1) is 12.4 Å². The van der Waals surface area contributed by atoms with E-state index in [0.29, 0.717) is 31.8 Å². The summed E-state index contributed by atoms with van der Waals surface area (Å²) in [5.41, 5.74) is 0.316. The normalized spacial score (nSPS) is 11.6. The lowest BCUT2D eigenvalue weighted by Gasteiger charge is -2.22. The largest absolute Gasteiger partial charge is 0.383 e. The zero-order valence-corrected chi connectivity index (χ0v) is 15.6. The Balaban J connectivity index is 0.00000576. The summed E-state index contributed by atoms with van der Waals surface area (Å²) in [6.45, 7) is 6.10. The topological polar surface area (TPSA) is 79.5 Å². The van der Waals surface area contributed by atoms with Crippen LogP contribution in [0.25, 0.3) is 0 Å². The van der Waals surface area contributed by atoms with Crippen LogP contribution in [-0.4, -0.2) is 51.2 Å². The molecule has 0 saturated heterocycles. The van der Waals surface area contributed by atoms with Gasteiger partial charge in [-0.25, -0.2) is 4.39 Å². The Kier molecular flexibility index (Phi) is 11.8. The zero-order valence-electron chi connectivity index (χ0n) is 14.8. The van der Waals surface area contributed by atoms with Gasteiger partial charge in [-0.1, -0.05) is 13.8 Å². The van der Waals surface area contributed by atoms with Crippen LogP contribution >= 0.6 is 12.4 Å². The molecule has 0 aliphatic carbocycles. The number of rotatable bonds is 10. The van der Waals surface area contributed by atoms with Crippen LogP contribution in [0.3, 0.4) is 0 Å². The summed E-state index contributed by atoms with van der Waals surface area (Å²) in [6.07, 6.45) is 0. The molecule has 142 valence electrons. The van der Waals surface area contributed by atoms with Gasteiger partial charge in [0, 0.05) is 32.3 Å². The van der Waals surface area contributed by atoms with Crippen molar-refractivity contribution >= 4 is 24.2 Å². The Morgan fingerprint density at radius 3 is 2.32 bits per heavy atom. The first-order valence-corrected chi connectivity index (χ1v) is 7.99. The Hall–Kier alpha value is -1.70. The highest BCUT2D eigenvalue weighted by molar-refractivity contribution is 5.97. The molecule has 0 radical (unpaired) electrons. The second-order valence-corrected chi connectivity index (χ2v) is 5.74. The first kappa shape index (κ1) is 23.3. The van der Waals surface area contributed by atoms with Crippen LogP contribution in [0.1, 0.15) is 24.2 Å². The van der Waals surface area contributed by atoms with Crippen molar-refractivity contribution in [3.63, 3.8) is 0 Å². The molecule has 0 aliphatic rings. The van der Waals surface area contributed by atoms with E-state index in [4.69, 9.17) is 4.74 Å². The summed E-state index contributed by atoms with van der Waals surface area (Å²) in [5.74, 6) is -1.13. The van der Waals surface area contributed by atoms with Gasteiger partial charge in [-0.3, -0.25) is 9.59 Å². The van der Waals surface area contributed by atoms with Crippen molar-refractivity contribution in [2.24, 2.45) is 5.92 Å². The molecule has 8 heteroatoms. The average molecular weight is 376 g/mol. The molecule has 1 atom stereocenters. The molecule has 0 bridgehead atoms.